The number of aromatic amines is 2. The van der Waals surface area contributed by atoms with Crippen LogP contribution < -0.4 is 0 Å². The lowest BCUT2D eigenvalue weighted by molar-refractivity contribution is -0.156. The predicted octanol–water partition coefficient (Wildman–Crippen LogP) is 5.67. The van der Waals surface area contributed by atoms with E-state index in [2.05, 4.69) is 37.5 Å². The van der Waals surface area contributed by atoms with Gasteiger partial charge in [0, 0.05) is 18.4 Å². The van der Waals surface area contributed by atoms with Gasteiger partial charge in [-0.05, 0) is 54.4 Å². The average Bonchev–Trinajstić information content (AvgIpc) is 3.57. The molecule has 0 aliphatic rings. The van der Waals surface area contributed by atoms with Gasteiger partial charge in [0.15, 0.2) is 5.15 Å². The molecule has 9 nitrogen and oxygen atoms in total. The zero-order chi connectivity index (χ0) is 27.9. The van der Waals surface area contributed by atoms with Crippen LogP contribution in [0.5, 0.6) is 0 Å². The molecule has 2 heterocycles. The summed E-state index contributed by atoms with van der Waals surface area (Å²) in [6.07, 6.45) is 2.53. The summed E-state index contributed by atoms with van der Waals surface area (Å²) in [7, 11) is 3.76. The number of aryl methyl sites for hydroxylation is 1. The van der Waals surface area contributed by atoms with Crippen molar-refractivity contribution in [1.82, 2.24) is 35.5 Å². The molecule has 2 atom stereocenters. The molecule has 4 aromatic rings. The van der Waals surface area contributed by atoms with Gasteiger partial charge in [-0.2, -0.15) is 5.21 Å². The summed E-state index contributed by atoms with van der Waals surface area (Å²) in [4.78, 5) is 23.2. The van der Waals surface area contributed by atoms with Crippen molar-refractivity contribution < 1.29 is 9.53 Å². The SMILES string of the molecule is CCCCc1nc(Cl)c([C@H](Cc2ccc(-c3ccccc3)c(-c3nn[nH]n3)c2)OC(=O)[C@H](C(C)C)N(C)C)[nH]1. The number of H-pyrrole nitrogens is 2. The highest BCUT2D eigenvalue weighted by Gasteiger charge is 2.31. The fourth-order valence-electron chi connectivity index (χ4n) is 4.84. The number of unbranched alkanes of at least 4 members (excludes halogenated alkanes) is 1. The topological polar surface area (TPSA) is 113 Å². The fraction of sp³-hybridized carbons (Fsp3) is 0.414. The van der Waals surface area contributed by atoms with Gasteiger partial charge in [-0.3, -0.25) is 9.69 Å². The summed E-state index contributed by atoms with van der Waals surface area (Å²) in [5.41, 5.74) is 4.37. The maximum Gasteiger partial charge on any atom is 0.324 e. The van der Waals surface area contributed by atoms with Crippen LogP contribution in [0.1, 0.15) is 56.8 Å². The van der Waals surface area contributed by atoms with Crippen LogP contribution >= 0.6 is 11.6 Å². The van der Waals surface area contributed by atoms with Gasteiger partial charge in [0.1, 0.15) is 18.0 Å². The molecule has 0 amide bonds. The largest absolute Gasteiger partial charge is 0.454 e. The fourth-order valence-corrected chi connectivity index (χ4v) is 5.12. The first kappa shape index (κ1) is 28.4. The number of nitrogens with zero attached hydrogens (tertiary/aromatic N) is 5. The van der Waals surface area contributed by atoms with Crippen molar-refractivity contribution in [3.63, 3.8) is 0 Å². The lowest BCUT2D eigenvalue weighted by Gasteiger charge is -2.28. The highest BCUT2D eigenvalue weighted by atomic mass is 35.5. The maximum atomic E-state index is 13.4. The minimum atomic E-state index is -0.658. The van der Waals surface area contributed by atoms with E-state index in [1.54, 1.807) is 0 Å². The molecular formula is C29H36ClN7O2. The monoisotopic (exact) mass is 549 g/mol. The van der Waals surface area contributed by atoms with E-state index in [-0.39, 0.29) is 11.9 Å². The number of hydrogen-bond acceptors (Lipinski definition) is 7. The Morgan fingerprint density at radius 3 is 2.51 bits per heavy atom. The van der Waals surface area contributed by atoms with Crippen LogP contribution in [0.4, 0.5) is 0 Å². The van der Waals surface area contributed by atoms with Crippen LogP contribution in [0.2, 0.25) is 5.15 Å². The van der Waals surface area contributed by atoms with E-state index in [0.717, 1.165) is 47.3 Å². The van der Waals surface area contributed by atoms with E-state index in [1.807, 2.05) is 81.4 Å². The second-order valence-electron chi connectivity index (χ2n) is 10.3. The van der Waals surface area contributed by atoms with E-state index < -0.39 is 12.1 Å². The number of aromatic nitrogens is 6. The van der Waals surface area contributed by atoms with Gasteiger partial charge in [0.05, 0.1) is 5.69 Å². The zero-order valence-corrected chi connectivity index (χ0v) is 23.9. The lowest BCUT2D eigenvalue weighted by atomic mass is 9.94. The Hall–Kier alpha value is -3.56. The summed E-state index contributed by atoms with van der Waals surface area (Å²) in [6, 6.07) is 15.7. The second kappa shape index (κ2) is 13.0. The average molecular weight is 550 g/mol. The van der Waals surface area contributed by atoms with Crippen molar-refractivity contribution >= 4 is 17.6 Å². The van der Waals surface area contributed by atoms with Crippen molar-refractivity contribution in [1.29, 1.82) is 0 Å². The quantitative estimate of drug-likeness (QED) is 0.219. The number of likely N-dealkylation sites (N-methyl/N-ethyl adjacent to an activating group) is 1. The first-order chi connectivity index (χ1) is 18.8. The third kappa shape index (κ3) is 6.91. The molecule has 206 valence electrons. The van der Waals surface area contributed by atoms with Crippen LogP contribution in [0.15, 0.2) is 48.5 Å². The molecule has 2 N–H and O–H groups in total. The Labute approximate surface area is 234 Å². The van der Waals surface area contributed by atoms with Crippen LogP contribution in [-0.4, -0.2) is 61.6 Å². The summed E-state index contributed by atoms with van der Waals surface area (Å²) in [5.74, 6) is 1.04. The van der Waals surface area contributed by atoms with E-state index in [1.165, 1.54) is 0 Å². The van der Waals surface area contributed by atoms with Gasteiger partial charge in [-0.15, -0.1) is 10.2 Å². The molecule has 39 heavy (non-hydrogen) atoms. The van der Waals surface area contributed by atoms with Crippen LogP contribution in [0.25, 0.3) is 22.5 Å². The highest BCUT2D eigenvalue weighted by Crippen LogP contribution is 2.34. The summed E-state index contributed by atoms with van der Waals surface area (Å²) in [6.45, 7) is 6.14. The minimum Gasteiger partial charge on any atom is -0.454 e. The molecule has 0 bridgehead atoms. The Bertz CT molecular complexity index is 1350. The second-order valence-corrected chi connectivity index (χ2v) is 10.6. The van der Waals surface area contributed by atoms with Crippen molar-refractivity contribution in [2.24, 2.45) is 5.92 Å². The number of esters is 1. The maximum absolute atomic E-state index is 13.4. The van der Waals surface area contributed by atoms with Crippen LogP contribution in [-0.2, 0) is 22.4 Å². The molecule has 0 unspecified atom stereocenters. The normalized spacial score (nSPS) is 13.1. The number of imidazole rings is 1. The molecule has 0 saturated carbocycles. The van der Waals surface area contributed by atoms with Gasteiger partial charge < -0.3 is 9.72 Å². The van der Waals surface area contributed by atoms with E-state index in [4.69, 9.17) is 16.3 Å². The molecule has 0 radical (unpaired) electrons. The molecule has 0 saturated heterocycles. The third-order valence-corrected chi connectivity index (χ3v) is 6.98. The summed E-state index contributed by atoms with van der Waals surface area (Å²) >= 11 is 6.61. The number of ether oxygens (including phenoxy) is 1. The van der Waals surface area contributed by atoms with Gasteiger partial charge in [0.25, 0.3) is 0 Å². The molecule has 0 aliphatic carbocycles. The van der Waals surface area contributed by atoms with Gasteiger partial charge in [-0.25, -0.2) is 4.98 Å². The van der Waals surface area contributed by atoms with Crippen molar-refractivity contribution in [2.75, 3.05) is 14.1 Å². The summed E-state index contributed by atoms with van der Waals surface area (Å²) in [5, 5.41) is 15.1. The van der Waals surface area contributed by atoms with Crippen molar-refractivity contribution in [2.45, 2.75) is 58.6 Å². The Kier molecular flexibility index (Phi) is 9.48. The molecule has 4 rings (SSSR count). The number of tetrazole rings is 1. The number of hydrogen-bond donors (Lipinski definition) is 2. The standard InChI is InChI=1S/C29H36ClN7O2/c1-6-7-13-24-31-25(27(30)32-24)23(39-29(38)26(18(2)3)37(4)5)17-19-14-15-21(20-11-9-8-10-12-20)22(16-19)28-33-35-36-34-28/h8-12,14-16,18,23,26H,6-7,13,17H2,1-5H3,(H,31,32)(H,33,34,35,36)/t23-,26-/m0/s1. The number of halogens is 1. The minimum absolute atomic E-state index is 0.0699. The third-order valence-electron chi connectivity index (χ3n) is 6.69. The number of nitrogens with one attached hydrogen (secondary N) is 2. The van der Waals surface area contributed by atoms with Crippen molar-refractivity contribution in [3.8, 4) is 22.5 Å². The molecule has 10 heteroatoms. The number of carbonyl (C=O) groups excluding carboxylic acids is 1. The molecule has 0 fully saturated rings. The van der Waals surface area contributed by atoms with E-state index in [9.17, 15) is 4.79 Å². The molecule has 2 aromatic heterocycles. The molecule has 2 aromatic carbocycles. The van der Waals surface area contributed by atoms with E-state index in [0.29, 0.717) is 23.1 Å². The van der Waals surface area contributed by atoms with Crippen LogP contribution in [0.3, 0.4) is 0 Å². The zero-order valence-electron chi connectivity index (χ0n) is 23.1. The van der Waals surface area contributed by atoms with Crippen molar-refractivity contribution in [3.05, 3.63) is 70.8 Å². The highest BCUT2D eigenvalue weighted by molar-refractivity contribution is 6.30. The lowest BCUT2D eigenvalue weighted by Crippen LogP contribution is -2.41. The molecular weight excluding hydrogens is 514 g/mol. The number of carbonyl (C=O) groups is 1. The molecule has 0 aliphatic heterocycles. The Morgan fingerprint density at radius 2 is 1.87 bits per heavy atom. The first-order valence-corrected chi connectivity index (χ1v) is 13.7. The summed E-state index contributed by atoms with van der Waals surface area (Å²) < 4.78 is 6.18. The van der Waals surface area contributed by atoms with E-state index >= 15 is 0 Å². The molecule has 0 spiro atoms. The Morgan fingerprint density at radius 1 is 1.10 bits per heavy atom. The number of rotatable bonds is 12. The van der Waals surface area contributed by atoms with Crippen LogP contribution in [0, 0.1) is 5.92 Å². The van der Waals surface area contributed by atoms with Gasteiger partial charge >= 0.3 is 5.97 Å². The van der Waals surface area contributed by atoms with Gasteiger partial charge in [-0.1, -0.05) is 81.3 Å². The predicted molar refractivity (Wildman–Crippen MR) is 152 cm³/mol. The number of benzene rings is 2. The first-order valence-electron chi connectivity index (χ1n) is 13.3. The Balaban J connectivity index is 1.72. The van der Waals surface area contributed by atoms with Gasteiger partial charge in [0.2, 0.25) is 5.82 Å². The smallest absolute Gasteiger partial charge is 0.324 e.